The summed E-state index contributed by atoms with van der Waals surface area (Å²) in [6.45, 7) is 2.15. The van der Waals surface area contributed by atoms with E-state index >= 15 is 0 Å². The van der Waals surface area contributed by atoms with Crippen LogP contribution in [0.5, 0.6) is 0 Å². The van der Waals surface area contributed by atoms with Crippen LogP contribution in [0.4, 0.5) is 0 Å². The van der Waals surface area contributed by atoms with E-state index in [-0.39, 0.29) is 6.04 Å². The van der Waals surface area contributed by atoms with Gasteiger partial charge in [-0.2, -0.15) is 5.10 Å². The Morgan fingerprint density at radius 3 is 2.81 bits per heavy atom. The quantitative estimate of drug-likeness (QED) is 0.849. The highest BCUT2D eigenvalue weighted by Gasteiger charge is 2.21. The van der Waals surface area contributed by atoms with E-state index in [1.54, 1.807) is 0 Å². The van der Waals surface area contributed by atoms with E-state index in [1.165, 1.54) is 36.9 Å². The summed E-state index contributed by atoms with van der Waals surface area (Å²) in [7, 11) is 1.98. The topological polar surface area (TPSA) is 43.8 Å². The molecule has 1 saturated carbocycles. The Morgan fingerprint density at radius 2 is 2.19 bits per heavy atom. The van der Waals surface area contributed by atoms with E-state index in [4.69, 9.17) is 5.73 Å². The smallest absolute Gasteiger partial charge is 0.0669 e. The van der Waals surface area contributed by atoms with Gasteiger partial charge in [-0.25, -0.2) is 0 Å². The van der Waals surface area contributed by atoms with Gasteiger partial charge >= 0.3 is 0 Å². The van der Waals surface area contributed by atoms with Gasteiger partial charge in [-0.1, -0.05) is 32.6 Å². The van der Waals surface area contributed by atoms with Crippen LogP contribution >= 0.6 is 0 Å². The first-order chi connectivity index (χ1) is 7.70. The normalized spacial score (nSPS) is 19.2. The van der Waals surface area contributed by atoms with Crippen LogP contribution in [-0.2, 0) is 13.5 Å². The molecule has 0 radical (unpaired) electrons. The number of nitrogens with two attached hydrogens (primary N) is 1. The van der Waals surface area contributed by atoms with Crippen LogP contribution < -0.4 is 5.73 Å². The van der Waals surface area contributed by atoms with Crippen LogP contribution in [0, 0.1) is 5.92 Å². The molecule has 1 aliphatic carbocycles. The molecule has 1 unspecified atom stereocenters. The molecular weight excluding hydrogens is 198 g/mol. The summed E-state index contributed by atoms with van der Waals surface area (Å²) in [4.78, 5) is 0. The van der Waals surface area contributed by atoms with E-state index in [2.05, 4.69) is 18.2 Å². The second-order valence-electron chi connectivity index (χ2n) is 5.05. The highest BCUT2D eigenvalue weighted by atomic mass is 15.3. The zero-order valence-electron chi connectivity index (χ0n) is 10.4. The summed E-state index contributed by atoms with van der Waals surface area (Å²) in [5.41, 5.74) is 8.75. The lowest BCUT2D eigenvalue weighted by Crippen LogP contribution is -2.15. The first kappa shape index (κ1) is 11.6. The third kappa shape index (κ3) is 2.46. The molecule has 0 aliphatic heterocycles. The number of nitrogens with zero attached hydrogens (tertiary/aromatic N) is 2. The fourth-order valence-corrected chi connectivity index (χ4v) is 2.87. The number of hydrogen-bond donors (Lipinski definition) is 1. The van der Waals surface area contributed by atoms with Gasteiger partial charge in [-0.3, -0.25) is 4.68 Å². The van der Waals surface area contributed by atoms with Gasteiger partial charge in [0.2, 0.25) is 0 Å². The van der Waals surface area contributed by atoms with Crippen molar-refractivity contribution in [2.45, 2.75) is 51.5 Å². The zero-order valence-corrected chi connectivity index (χ0v) is 10.4. The summed E-state index contributed by atoms with van der Waals surface area (Å²) in [6.07, 6.45) is 9.74. The van der Waals surface area contributed by atoms with Crippen LogP contribution in [0.25, 0.3) is 0 Å². The molecule has 0 aromatic carbocycles. The summed E-state index contributed by atoms with van der Waals surface area (Å²) in [5, 5.41) is 4.46. The number of aryl methyl sites for hydroxylation is 2. The molecule has 2 rings (SSSR count). The van der Waals surface area contributed by atoms with Crippen molar-refractivity contribution in [3.8, 4) is 0 Å². The Morgan fingerprint density at radius 1 is 1.50 bits per heavy atom. The van der Waals surface area contributed by atoms with Crippen molar-refractivity contribution in [2.75, 3.05) is 0 Å². The predicted octanol–water partition coefficient (Wildman–Crippen LogP) is 2.56. The second kappa shape index (κ2) is 5.00. The molecular formula is C13H23N3. The minimum atomic E-state index is 0.187. The molecule has 90 valence electrons. The molecule has 1 atom stereocenters. The minimum absolute atomic E-state index is 0.187. The third-order valence-electron chi connectivity index (χ3n) is 3.73. The molecule has 0 saturated heterocycles. The van der Waals surface area contributed by atoms with Crippen molar-refractivity contribution in [3.63, 3.8) is 0 Å². The highest BCUT2D eigenvalue weighted by molar-refractivity contribution is 5.21. The number of rotatable bonds is 4. The molecule has 0 bridgehead atoms. The SMILES string of the molecule is CCc1nn(C)cc1C(N)CC1CCCC1. The summed E-state index contributed by atoms with van der Waals surface area (Å²) < 4.78 is 1.89. The maximum absolute atomic E-state index is 6.31. The predicted molar refractivity (Wildman–Crippen MR) is 66.1 cm³/mol. The van der Waals surface area contributed by atoms with Crippen molar-refractivity contribution in [3.05, 3.63) is 17.5 Å². The second-order valence-corrected chi connectivity index (χ2v) is 5.05. The fraction of sp³-hybridized carbons (Fsp3) is 0.769. The molecule has 0 spiro atoms. The van der Waals surface area contributed by atoms with Crippen LogP contribution in [-0.4, -0.2) is 9.78 Å². The monoisotopic (exact) mass is 221 g/mol. The van der Waals surface area contributed by atoms with Gasteiger partial charge in [0.25, 0.3) is 0 Å². The van der Waals surface area contributed by atoms with Crippen LogP contribution in [0.2, 0.25) is 0 Å². The van der Waals surface area contributed by atoms with Crippen molar-refractivity contribution in [1.29, 1.82) is 0 Å². The van der Waals surface area contributed by atoms with Crippen molar-refractivity contribution >= 4 is 0 Å². The first-order valence-corrected chi connectivity index (χ1v) is 6.48. The molecule has 1 aromatic heterocycles. The lowest BCUT2D eigenvalue weighted by molar-refractivity contribution is 0.449. The lowest BCUT2D eigenvalue weighted by atomic mass is 9.94. The van der Waals surface area contributed by atoms with E-state index < -0.39 is 0 Å². The minimum Gasteiger partial charge on any atom is -0.324 e. The summed E-state index contributed by atoms with van der Waals surface area (Å²) in [5.74, 6) is 0.847. The van der Waals surface area contributed by atoms with Gasteiger partial charge < -0.3 is 5.73 Å². The van der Waals surface area contributed by atoms with E-state index in [9.17, 15) is 0 Å². The highest BCUT2D eigenvalue weighted by Crippen LogP contribution is 2.32. The van der Waals surface area contributed by atoms with Gasteiger partial charge in [-0.15, -0.1) is 0 Å². The van der Waals surface area contributed by atoms with Gasteiger partial charge in [0.1, 0.15) is 0 Å². The molecule has 1 aliphatic rings. The van der Waals surface area contributed by atoms with Gasteiger partial charge in [0, 0.05) is 24.8 Å². The maximum atomic E-state index is 6.31. The molecule has 16 heavy (non-hydrogen) atoms. The average Bonchev–Trinajstić information content (AvgIpc) is 2.86. The summed E-state index contributed by atoms with van der Waals surface area (Å²) in [6, 6.07) is 0.187. The van der Waals surface area contributed by atoms with Crippen LogP contribution in [0.1, 0.15) is 56.3 Å². The molecule has 3 heteroatoms. The lowest BCUT2D eigenvalue weighted by Gasteiger charge is -2.15. The summed E-state index contributed by atoms with van der Waals surface area (Å²) >= 11 is 0. The standard InChI is InChI=1S/C13H23N3/c1-3-13-11(9-16(2)15-13)12(14)8-10-6-4-5-7-10/h9-10,12H,3-8,14H2,1-2H3. The maximum Gasteiger partial charge on any atom is 0.0669 e. The van der Waals surface area contributed by atoms with Crippen LogP contribution in [0.15, 0.2) is 6.20 Å². The van der Waals surface area contributed by atoms with E-state index in [0.717, 1.165) is 18.8 Å². The molecule has 1 fully saturated rings. The molecule has 0 amide bonds. The molecule has 1 aromatic rings. The average molecular weight is 221 g/mol. The first-order valence-electron chi connectivity index (χ1n) is 6.48. The Bertz CT molecular complexity index is 337. The van der Waals surface area contributed by atoms with Gasteiger partial charge in [0.15, 0.2) is 0 Å². The Kier molecular flexibility index (Phi) is 3.64. The fourth-order valence-electron chi connectivity index (χ4n) is 2.87. The van der Waals surface area contributed by atoms with Crippen molar-refractivity contribution < 1.29 is 0 Å². The van der Waals surface area contributed by atoms with Gasteiger partial charge in [0.05, 0.1) is 5.69 Å². The third-order valence-corrected chi connectivity index (χ3v) is 3.73. The van der Waals surface area contributed by atoms with Crippen molar-refractivity contribution in [2.24, 2.45) is 18.7 Å². The van der Waals surface area contributed by atoms with Crippen LogP contribution in [0.3, 0.4) is 0 Å². The van der Waals surface area contributed by atoms with Crippen molar-refractivity contribution in [1.82, 2.24) is 9.78 Å². The Balaban J connectivity index is 2.03. The van der Waals surface area contributed by atoms with E-state index in [0.29, 0.717) is 0 Å². The molecule has 3 nitrogen and oxygen atoms in total. The molecule has 1 heterocycles. The van der Waals surface area contributed by atoms with E-state index in [1.807, 2.05) is 11.7 Å². The largest absolute Gasteiger partial charge is 0.324 e. The van der Waals surface area contributed by atoms with Gasteiger partial charge in [-0.05, 0) is 18.8 Å². The molecule has 2 N–H and O–H groups in total. The zero-order chi connectivity index (χ0) is 11.5. The number of aromatic nitrogens is 2. The Hall–Kier alpha value is -0.830. The Labute approximate surface area is 98.0 Å². The number of hydrogen-bond acceptors (Lipinski definition) is 2.